The third-order valence-electron chi connectivity index (χ3n) is 3.65. The number of anilines is 2. The van der Waals surface area contributed by atoms with Gasteiger partial charge in [-0.2, -0.15) is 0 Å². The lowest BCUT2D eigenvalue weighted by Crippen LogP contribution is -2.31. The lowest BCUT2D eigenvalue weighted by atomic mass is 10.2. The van der Waals surface area contributed by atoms with Crippen LogP contribution in [0.4, 0.5) is 16.2 Å². The summed E-state index contributed by atoms with van der Waals surface area (Å²) in [5.74, 6) is 0. The molecule has 0 bridgehead atoms. The van der Waals surface area contributed by atoms with Crippen LogP contribution in [0.1, 0.15) is 12.0 Å². The standard InChI is InChI=1S/C19H25N3O2/c1-22(18-10-4-3-5-11-18)13-7-12-20-19(23)21-17-9-6-8-16(14-17)15-24-2/h3-6,8-11,14H,7,12-13,15H2,1-2H3,(H2,20,21,23). The van der Waals surface area contributed by atoms with Gasteiger partial charge in [-0.25, -0.2) is 4.79 Å². The van der Waals surface area contributed by atoms with E-state index in [1.807, 2.05) is 42.5 Å². The molecule has 0 unspecified atom stereocenters. The number of carbonyl (C=O) groups excluding carboxylic acids is 1. The second-order valence-corrected chi connectivity index (χ2v) is 5.62. The summed E-state index contributed by atoms with van der Waals surface area (Å²) in [6.07, 6.45) is 0.878. The summed E-state index contributed by atoms with van der Waals surface area (Å²) in [6.45, 7) is 2.04. The van der Waals surface area contributed by atoms with Crippen molar-refractivity contribution in [2.75, 3.05) is 37.5 Å². The van der Waals surface area contributed by atoms with Crippen molar-refractivity contribution < 1.29 is 9.53 Å². The summed E-state index contributed by atoms with van der Waals surface area (Å²) in [6, 6.07) is 17.7. The number of nitrogens with zero attached hydrogens (tertiary/aromatic N) is 1. The molecule has 0 aliphatic rings. The maximum atomic E-state index is 11.9. The van der Waals surface area contributed by atoms with E-state index in [0.717, 1.165) is 24.2 Å². The molecule has 24 heavy (non-hydrogen) atoms. The van der Waals surface area contributed by atoms with Crippen LogP contribution in [-0.4, -0.2) is 33.3 Å². The fourth-order valence-corrected chi connectivity index (χ4v) is 2.41. The zero-order chi connectivity index (χ0) is 17.2. The average molecular weight is 327 g/mol. The minimum Gasteiger partial charge on any atom is -0.380 e. The van der Waals surface area contributed by atoms with Gasteiger partial charge in [-0.15, -0.1) is 0 Å². The van der Waals surface area contributed by atoms with E-state index in [0.29, 0.717) is 13.2 Å². The fourth-order valence-electron chi connectivity index (χ4n) is 2.41. The van der Waals surface area contributed by atoms with E-state index in [4.69, 9.17) is 4.74 Å². The second kappa shape index (κ2) is 9.57. The van der Waals surface area contributed by atoms with Crippen LogP contribution in [0.5, 0.6) is 0 Å². The highest BCUT2D eigenvalue weighted by Crippen LogP contribution is 2.12. The van der Waals surface area contributed by atoms with E-state index in [9.17, 15) is 4.79 Å². The molecule has 0 aliphatic heterocycles. The molecule has 128 valence electrons. The Morgan fingerprint density at radius 3 is 2.67 bits per heavy atom. The Labute approximate surface area is 143 Å². The highest BCUT2D eigenvalue weighted by Gasteiger charge is 2.03. The number of urea groups is 1. The van der Waals surface area contributed by atoms with Gasteiger partial charge in [0.15, 0.2) is 0 Å². The molecule has 0 saturated carbocycles. The topological polar surface area (TPSA) is 53.6 Å². The first-order valence-corrected chi connectivity index (χ1v) is 8.08. The first-order valence-electron chi connectivity index (χ1n) is 8.08. The molecule has 2 amide bonds. The number of hydrogen-bond donors (Lipinski definition) is 2. The number of ether oxygens (including phenoxy) is 1. The van der Waals surface area contributed by atoms with Crippen LogP contribution in [0.2, 0.25) is 0 Å². The molecule has 0 heterocycles. The van der Waals surface area contributed by atoms with E-state index < -0.39 is 0 Å². The van der Waals surface area contributed by atoms with Crippen LogP contribution in [-0.2, 0) is 11.3 Å². The van der Waals surface area contributed by atoms with Gasteiger partial charge in [0.05, 0.1) is 6.61 Å². The van der Waals surface area contributed by atoms with Gasteiger partial charge < -0.3 is 20.3 Å². The van der Waals surface area contributed by atoms with E-state index in [1.165, 1.54) is 5.69 Å². The molecule has 0 fully saturated rings. The van der Waals surface area contributed by atoms with Crippen molar-refractivity contribution in [2.45, 2.75) is 13.0 Å². The molecular weight excluding hydrogens is 302 g/mol. The van der Waals surface area contributed by atoms with Crippen molar-refractivity contribution in [1.82, 2.24) is 5.32 Å². The van der Waals surface area contributed by atoms with Crippen LogP contribution >= 0.6 is 0 Å². The Morgan fingerprint density at radius 1 is 1.12 bits per heavy atom. The zero-order valence-corrected chi connectivity index (χ0v) is 14.3. The molecule has 5 nitrogen and oxygen atoms in total. The van der Waals surface area contributed by atoms with Crippen LogP contribution < -0.4 is 15.5 Å². The SMILES string of the molecule is COCc1cccc(NC(=O)NCCCN(C)c2ccccc2)c1. The Balaban J connectivity index is 1.69. The Kier molecular flexibility index (Phi) is 7.11. The lowest BCUT2D eigenvalue weighted by Gasteiger charge is -2.19. The quantitative estimate of drug-likeness (QED) is 0.730. The smallest absolute Gasteiger partial charge is 0.319 e. The normalized spacial score (nSPS) is 10.2. The van der Waals surface area contributed by atoms with Crippen LogP contribution in [0, 0.1) is 0 Å². The molecule has 5 heteroatoms. The number of amides is 2. The Bertz CT molecular complexity index is 632. The maximum absolute atomic E-state index is 11.9. The van der Waals surface area contributed by atoms with Crippen LogP contribution in [0.15, 0.2) is 54.6 Å². The third-order valence-corrected chi connectivity index (χ3v) is 3.65. The van der Waals surface area contributed by atoms with Crippen LogP contribution in [0.25, 0.3) is 0 Å². The highest BCUT2D eigenvalue weighted by atomic mass is 16.5. The number of carbonyl (C=O) groups is 1. The molecule has 2 aromatic rings. The number of benzene rings is 2. The van der Waals surface area contributed by atoms with Crippen LogP contribution in [0.3, 0.4) is 0 Å². The van der Waals surface area contributed by atoms with Crippen molar-refractivity contribution in [3.63, 3.8) is 0 Å². The maximum Gasteiger partial charge on any atom is 0.319 e. The van der Waals surface area contributed by atoms with Gasteiger partial charge in [-0.05, 0) is 36.2 Å². The van der Waals surface area contributed by atoms with Gasteiger partial charge in [-0.1, -0.05) is 30.3 Å². The van der Waals surface area contributed by atoms with Gasteiger partial charge in [0.25, 0.3) is 0 Å². The van der Waals surface area contributed by atoms with Crippen molar-refractivity contribution in [3.8, 4) is 0 Å². The third kappa shape index (κ3) is 5.93. The van der Waals surface area contributed by atoms with Crippen molar-refractivity contribution >= 4 is 17.4 Å². The highest BCUT2D eigenvalue weighted by molar-refractivity contribution is 5.89. The van der Waals surface area contributed by atoms with Gasteiger partial charge >= 0.3 is 6.03 Å². The number of hydrogen-bond acceptors (Lipinski definition) is 3. The van der Waals surface area contributed by atoms with E-state index in [-0.39, 0.29) is 6.03 Å². The van der Waals surface area contributed by atoms with Gasteiger partial charge in [0, 0.05) is 38.6 Å². The van der Waals surface area contributed by atoms with Gasteiger partial charge in [-0.3, -0.25) is 0 Å². The molecule has 0 aromatic heterocycles. The Morgan fingerprint density at radius 2 is 1.92 bits per heavy atom. The predicted octanol–water partition coefficient (Wildman–Crippen LogP) is 3.48. The number of rotatable bonds is 8. The fraction of sp³-hybridized carbons (Fsp3) is 0.316. The second-order valence-electron chi connectivity index (χ2n) is 5.62. The van der Waals surface area contributed by atoms with Crippen molar-refractivity contribution in [1.29, 1.82) is 0 Å². The van der Waals surface area contributed by atoms with Gasteiger partial charge in [0.2, 0.25) is 0 Å². The first kappa shape index (κ1) is 17.8. The molecule has 2 rings (SSSR count). The summed E-state index contributed by atoms with van der Waals surface area (Å²) in [5.41, 5.74) is 2.97. The van der Waals surface area contributed by atoms with Crippen molar-refractivity contribution in [2.24, 2.45) is 0 Å². The predicted molar refractivity (Wildman–Crippen MR) is 98.5 cm³/mol. The van der Waals surface area contributed by atoms with E-state index >= 15 is 0 Å². The number of nitrogens with one attached hydrogen (secondary N) is 2. The first-order chi connectivity index (χ1) is 11.7. The van der Waals surface area contributed by atoms with E-state index in [2.05, 4.69) is 34.7 Å². The molecule has 2 N–H and O–H groups in total. The summed E-state index contributed by atoms with van der Waals surface area (Å²) in [7, 11) is 3.70. The molecule has 0 saturated heterocycles. The molecule has 0 spiro atoms. The molecule has 0 aliphatic carbocycles. The minimum absolute atomic E-state index is 0.188. The monoisotopic (exact) mass is 327 g/mol. The number of para-hydroxylation sites is 1. The summed E-state index contributed by atoms with van der Waals surface area (Å²) < 4.78 is 5.09. The molecule has 2 aromatic carbocycles. The van der Waals surface area contributed by atoms with Gasteiger partial charge in [0.1, 0.15) is 0 Å². The molecular formula is C19H25N3O2. The summed E-state index contributed by atoms with van der Waals surface area (Å²) in [4.78, 5) is 14.1. The Hall–Kier alpha value is -2.53. The van der Waals surface area contributed by atoms with E-state index in [1.54, 1.807) is 7.11 Å². The largest absolute Gasteiger partial charge is 0.380 e. The molecule has 0 atom stereocenters. The van der Waals surface area contributed by atoms with Crippen molar-refractivity contribution in [3.05, 3.63) is 60.2 Å². The lowest BCUT2D eigenvalue weighted by molar-refractivity contribution is 0.185. The molecule has 0 radical (unpaired) electrons. The summed E-state index contributed by atoms with van der Waals surface area (Å²) >= 11 is 0. The number of methoxy groups -OCH3 is 1. The zero-order valence-electron chi connectivity index (χ0n) is 14.3. The minimum atomic E-state index is -0.188. The average Bonchev–Trinajstić information content (AvgIpc) is 2.60. The summed E-state index contributed by atoms with van der Waals surface area (Å²) in [5, 5.41) is 5.72.